The Morgan fingerprint density at radius 2 is 0.548 bits per heavy atom. The molecule has 0 aromatic carbocycles. The molecule has 93 heavy (non-hydrogen) atoms. The highest BCUT2D eigenvalue weighted by molar-refractivity contribution is 7.47. The van der Waals surface area contributed by atoms with Crippen LogP contribution in [-0.4, -0.2) is 96.7 Å². The fourth-order valence-corrected chi connectivity index (χ4v) is 12.8. The molecule has 0 aromatic heterocycles. The van der Waals surface area contributed by atoms with Crippen LogP contribution in [0.5, 0.6) is 0 Å². The summed E-state index contributed by atoms with van der Waals surface area (Å²) in [5.74, 6) is 0.192. The Morgan fingerprint density at radius 3 is 0.817 bits per heavy atom. The SMILES string of the molecule is CCCCCCCCCCCCC(=O)OC[C@H](COP(=O)(O)OC[C@H](O)COP(=O)(O)OC[C@@H](COC(=O)CCCCCCCCCCCCC(C)CC)OC(=O)CCCCCCCCCCCCCCCCCCC(C)C)OC(=O)CCCCCCCCCC(C)C. The molecule has 0 saturated carbocycles. The number of phosphoric acid groups is 2. The van der Waals surface area contributed by atoms with Crippen molar-refractivity contribution in [3.63, 3.8) is 0 Å². The molecular formula is C74H144O17P2. The fourth-order valence-electron chi connectivity index (χ4n) is 11.2. The first kappa shape index (κ1) is 91.1. The standard InChI is InChI=1S/C74H144O17P2/c1-8-10-11-12-13-14-27-34-41-48-55-71(76)84-62-70(91-74(79)58-51-44-37-30-32-39-46-53-66(5)6)64-89-93(82,83)87-60-68(75)59-86-92(80,81)88-63-69(61-85-72(77)56-49-42-35-28-24-23-26-33-40-47-54-67(7)9-2)90-73(78)57-50-43-36-29-22-20-18-16-15-17-19-21-25-31-38-45-52-65(3)4/h65-70,75H,8-64H2,1-7H3,(H,80,81)(H,82,83)/t67?,68-,69-,70-/m1/s1. The van der Waals surface area contributed by atoms with E-state index >= 15 is 0 Å². The van der Waals surface area contributed by atoms with Crippen molar-refractivity contribution in [3.8, 4) is 0 Å². The Balaban J connectivity index is 5.22. The molecule has 3 unspecified atom stereocenters. The predicted octanol–water partition coefficient (Wildman–Crippen LogP) is 21.4. The van der Waals surface area contributed by atoms with Crippen LogP contribution in [0.1, 0.15) is 376 Å². The minimum atomic E-state index is -4.96. The summed E-state index contributed by atoms with van der Waals surface area (Å²) in [5.41, 5.74) is 0. The Labute approximate surface area is 568 Å². The zero-order chi connectivity index (χ0) is 68.7. The normalized spacial score (nSPS) is 14.4. The van der Waals surface area contributed by atoms with Crippen LogP contribution in [0.2, 0.25) is 0 Å². The van der Waals surface area contributed by atoms with E-state index in [1.54, 1.807) is 0 Å². The lowest BCUT2D eigenvalue weighted by Gasteiger charge is -2.21. The maximum Gasteiger partial charge on any atom is 0.472 e. The monoisotopic (exact) mass is 1370 g/mol. The molecule has 0 bridgehead atoms. The fraction of sp³-hybridized carbons (Fsp3) is 0.946. The van der Waals surface area contributed by atoms with E-state index < -0.39 is 97.5 Å². The topological polar surface area (TPSA) is 237 Å². The van der Waals surface area contributed by atoms with Crippen molar-refractivity contribution < 1.29 is 80.2 Å². The molecule has 0 heterocycles. The molecule has 0 aromatic rings. The van der Waals surface area contributed by atoms with E-state index in [0.717, 1.165) is 102 Å². The van der Waals surface area contributed by atoms with Gasteiger partial charge in [0.1, 0.15) is 19.3 Å². The van der Waals surface area contributed by atoms with E-state index in [1.165, 1.54) is 186 Å². The van der Waals surface area contributed by atoms with Gasteiger partial charge in [-0.1, -0.05) is 325 Å². The van der Waals surface area contributed by atoms with Gasteiger partial charge in [0.05, 0.1) is 26.4 Å². The molecule has 0 radical (unpaired) electrons. The number of aliphatic hydroxyl groups is 1. The molecule has 17 nitrogen and oxygen atoms in total. The van der Waals surface area contributed by atoms with Crippen LogP contribution in [0.3, 0.4) is 0 Å². The quantitative estimate of drug-likeness (QED) is 0.0222. The highest BCUT2D eigenvalue weighted by Crippen LogP contribution is 2.45. The smallest absolute Gasteiger partial charge is 0.462 e. The molecule has 552 valence electrons. The molecule has 0 saturated heterocycles. The van der Waals surface area contributed by atoms with E-state index in [4.69, 9.17) is 37.0 Å². The van der Waals surface area contributed by atoms with E-state index in [0.29, 0.717) is 31.6 Å². The molecule has 0 rings (SSSR count). The zero-order valence-electron chi connectivity index (χ0n) is 60.7. The highest BCUT2D eigenvalue weighted by atomic mass is 31.2. The average molecular weight is 1370 g/mol. The molecular weight excluding hydrogens is 1220 g/mol. The number of ether oxygens (including phenoxy) is 4. The Kier molecular flexibility index (Phi) is 63.4. The average Bonchev–Trinajstić information content (AvgIpc) is 3.45. The summed E-state index contributed by atoms with van der Waals surface area (Å²) in [6.07, 6.45) is 50.0. The zero-order valence-corrected chi connectivity index (χ0v) is 62.5. The number of unbranched alkanes of at least 4 members (excludes halogenated alkanes) is 39. The van der Waals surface area contributed by atoms with E-state index in [-0.39, 0.29) is 25.7 Å². The number of carbonyl (C=O) groups is 4. The molecule has 19 heteroatoms. The van der Waals surface area contributed by atoms with Gasteiger partial charge in [-0.05, 0) is 43.4 Å². The van der Waals surface area contributed by atoms with Crippen LogP contribution >= 0.6 is 15.6 Å². The first-order chi connectivity index (χ1) is 44.8. The van der Waals surface area contributed by atoms with Gasteiger partial charge >= 0.3 is 39.5 Å². The number of esters is 4. The Morgan fingerprint density at radius 1 is 0.312 bits per heavy atom. The van der Waals surface area contributed by atoms with Crippen molar-refractivity contribution in [1.29, 1.82) is 0 Å². The number of phosphoric ester groups is 2. The summed E-state index contributed by atoms with van der Waals surface area (Å²) in [6, 6.07) is 0. The van der Waals surface area contributed by atoms with E-state index in [9.17, 15) is 43.2 Å². The number of hydrogen-bond donors (Lipinski definition) is 3. The molecule has 0 fully saturated rings. The van der Waals surface area contributed by atoms with Crippen molar-refractivity contribution >= 4 is 39.5 Å². The molecule has 0 aliphatic rings. The van der Waals surface area contributed by atoms with Gasteiger partial charge in [0.25, 0.3) is 0 Å². The highest BCUT2D eigenvalue weighted by Gasteiger charge is 2.30. The summed E-state index contributed by atoms with van der Waals surface area (Å²) < 4.78 is 68.4. The van der Waals surface area contributed by atoms with Crippen molar-refractivity contribution in [2.75, 3.05) is 39.6 Å². The summed E-state index contributed by atoms with van der Waals surface area (Å²) in [6.45, 7) is 11.9. The lowest BCUT2D eigenvalue weighted by molar-refractivity contribution is -0.161. The van der Waals surface area contributed by atoms with E-state index in [2.05, 4.69) is 48.5 Å². The summed E-state index contributed by atoms with van der Waals surface area (Å²) >= 11 is 0. The minimum Gasteiger partial charge on any atom is -0.462 e. The number of aliphatic hydroxyl groups excluding tert-OH is 1. The van der Waals surface area contributed by atoms with Crippen LogP contribution in [0.15, 0.2) is 0 Å². The minimum absolute atomic E-state index is 0.103. The maximum atomic E-state index is 13.1. The summed E-state index contributed by atoms with van der Waals surface area (Å²) in [5, 5.41) is 10.6. The van der Waals surface area contributed by atoms with Gasteiger partial charge in [-0.3, -0.25) is 37.3 Å². The number of hydrogen-bond acceptors (Lipinski definition) is 15. The predicted molar refractivity (Wildman–Crippen MR) is 377 cm³/mol. The third kappa shape index (κ3) is 67.0. The lowest BCUT2D eigenvalue weighted by atomic mass is 9.99. The van der Waals surface area contributed by atoms with Crippen LogP contribution < -0.4 is 0 Å². The van der Waals surface area contributed by atoms with Gasteiger partial charge in [0.2, 0.25) is 0 Å². The van der Waals surface area contributed by atoms with Crippen molar-refractivity contribution in [1.82, 2.24) is 0 Å². The van der Waals surface area contributed by atoms with Gasteiger partial charge in [0, 0.05) is 25.7 Å². The second-order valence-corrected chi connectivity index (χ2v) is 30.8. The first-order valence-corrected chi connectivity index (χ1v) is 41.4. The third-order valence-corrected chi connectivity index (χ3v) is 19.4. The summed E-state index contributed by atoms with van der Waals surface area (Å²) in [7, 11) is -9.91. The third-order valence-electron chi connectivity index (χ3n) is 17.5. The van der Waals surface area contributed by atoms with Crippen molar-refractivity contribution in [2.24, 2.45) is 17.8 Å². The van der Waals surface area contributed by atoms with Crippen LogP contribution in [0.25, 0.3) is 0 Å². The van der Waals surface area contributed by atoms with Crippen LogP contribution in [-0.2, 0) is 65.4 Å². The van der Waals surface area contributed by atoms with Gasteiger partial charge < -0.3 is 33.8 Å². The lowest BCUT2D eigenvalue weighted by Crippen LogP contribution is -2.30. The molecule has 0 spiro atoms. The van der Waals surface area contributed by atoms with Gasteiger partial charge in [-0.15, -0.1) is 0 Å². The first-order valence-electron chi connectivity index (χ1n) is 38.4. The van der Waals surface area contributed by atoms with Crippen LogP contribution in [0.4, 0.5) is 0 Å². The number of rotatable bonds is 72. The molecule has 0 aliphatic carbocycles. The Bertz CT molecular complexity index is 1820. The molecule has 6 atom stereocenters. The van der Waals surface area contributed by atoms with Crippen molar-refractivity contribution in [3.05, 3.63) is 0 Å². The maximum absolute atomic E-state index is 13.1. The van der Waals surface area contributed by atoms with Gasteiger partial charge in [-0.25, -0.2) is 9.13 Å². The number of carbonyl (C=O) groups excluding carboxylic acids is 4. The second-order valence-electron chi connectivity index (χ2n) is 27.9. The van der Waals surface area contributed by atoms with Gasteiger partial charge in [0.15, 0.2) is 12.2 Å². The Hall–Kier alpha value is -1.94. The largest absolute Gasteiger partial charge is 0.472 e. The van der Waals surface area contributed by atoms with E-state index in [1.807, 2.05) is 0 Å². The van der Waals surface area contributed by atoms with Crippen LogP contribution in [0, 0.1) is 17.8 Å². The molecule has 3 N–H and O–H groups in total. The van der Waals surface area contributed by atoms with Gasteiger partial charge in [-0.2, -0.15) is 0 Å². The molecule has 0 aliphatic heterocycles. The van der Waals surface area contributed by atoms with Crippen molar-refractivity contribution in [2.45, 2.75) is 394 Å². The summed E-state index contributed by atoms with van der Waals surface area (Å²) in [4.78, 5) is 72.7. The second kappa shape index (κ2) is 64.7. The molecule has 0 amide bonds.